The zero-order valence-corrected chi connectivity index (χ0v) is 10.2. The lowest BCUT2D eigenvalue weighted by Crippen LogP contribution is -2.10. The summed E-state index contributed by atoms with van der Waals surface area (Å²) in [6.07, 6.45) is 3.44. The lowest BCUT2D eigenvalue weighted by molar-refractivity contribution is 1.19. The molecule has 0 saturated carbocycles. The van der Waals surface area contributed by atoms with E-state index in [1.54, 1.807) is 12.4 Å². The predicted molar refractivity (Wildman–Crippen MR) is 72.4 cm³/mol. The third-order valence-electron chi connectivity index (χ3n) is 2.17. The highest BCUT2D eigenvalue weighted by molar-refractivity contribution is 7.80. The quantitative estimate of drug-likeness (QED) is 0.810. The largest absolute Gasteiger partial charge is 0.389 e. The second-order valence-electron chi connectivity index (χ2n) is 3.61. The Balaban J connectivity index is 2.30. The predicted octanol–water partition coefficient (Wildman–Crippen LogP) is 2.16. The molecule has 0 bridgehead atoms. The van der Waals surface area contributed by atoms with Crippen LogP contribution in [0.2, 0.25) is 0 Å². The lowest BCUT2D eigenvalue weighted by Gasteiger charge is -2.08. The van der Waals surface area contributed by atoms with E-state index in [2.05, 4.69) is 15.3 Å². The fraction of sp³-hybridized carbons (Fsp3) is 0.0833. The maximum Gasteiger partial charge on any atom is 0.131 e. The number of nitrogens with two attached hydrogens (primary N) is 1. The summed E-state index contributed by atoms with van der Waals surface area (Å²) in [5.74, 6) is 0.709. The zero-order valence-electron chi connectivity index (χ0n) is 9.34. The van der Waals surface area contributed by atoms with Crippen molar-refractivity contribution in [1.29, 1.82) is 0 Å². The number of thiocarbonyl (C=S) groups is 1. The van der Waals surface area contributed by atoms with Crippen molar-refractivity contribution >= 4 is 28.7 Å². The van der Waals surface area contributed by atoms with Gasteiger partial charge in [-0.15, -0.1) is 0 Å². The van der Waals surface area contributed by atoms with Crippen LogP contribution in [0.4, 0.5) is 11.5 Å². The number of anilines is 2. The Morgan fingerprint density at radius 1 is 1.41 bits per heavy atom. The summed E-state index contributed by atoms with van der Waals surface area (Å²) in [6.45, 7) is 1.90. The van der Waals surface area contributed by atoms with Crippen molar-refractivity contribution < 1.29 is 0 Å². The maximum absolute atomic E-state index is 5.61. The van der Waals surface area contributed by atoms with E-state index in [0.717, 1.165) is 16.9 Å². The molecule has 3 N–H and O–H groups in total. The first-order valence-electron chi connectivity index (χ1n) is 5.11. The summed E-state index contributed by atoms with van der Waals surface area (Å²) in [5.41, 5.74) is 8.15. The zero-order chi connectivity index (χ0) is 12.3. The van der Waals surface area contributed by atoms with E-state index in [1.807, 2.05) is 31.2 Å². The first-order valence-corrected chi connectivity index (χ1v) is 5.51. The van der Waals surface area contributed by atoms with Gasteiger partial charge in [0, 0.05) is 17.5 Å². The minimum Gasteiger partial charge on any atom is -0.389 e. The fourth-order valence-corrected chi connectivity index (χ4v) is 1.58. The molecule has 0 aromatic carbocycles. The Hall–Kier alpha value is -2.01. The number of nitrogens with one attached hydrogen (secondary N) is 1. The van der Waals surface area contributed by atoms with Crippen molar-refractivity contribution in [3.63, 3.8) is 0 Å². The van der Waals surface area contributed by atoms with Crippen LogP contribution in [0, 0.1) is 6.92 Å². The molecule has 2 aromatic rings. The van der Waals surface area contributed by atoms with Gasteiger partial charge < -0.3 is 11.1 Å². The summed E-state index contributed by atoms with van der Waals surface area (Å²) in [7, 11) is 0. The van der Waals surface area contributed by atoms with Crippen molar-refractivity contribution in [2.24, 2.45) is 5.73 Å². The molecule has 0 saturated heterocycles. The Bertz CT molecular complexity index is 539. The highest BCUT2D eigenvalue weighted by Gasteiger charge is 2.02. The number of aromatic nitrogens is 2. The minimum atomic E-state index is 0.365. The number of rotatable bonds is 3. The first kappa shape index (κ1) is 11.5. The van der Waals surface area contributed by atoms with E-state index < -0.39 is 0 Å². The number of pyridine rings is 2. The highest BCUT2D eigenvalue weighted by Crippen LogP contribution is 2.15. The number of hydrogen-bond donors (Lipinski definition) is 2. The molecule has 17 heavy (non-hydrogen) atoms. The van der Waals surface area contributed by atoms with Crippen LogP contribution in [0.15, 0.2) is 36.7 Å². The smallest absolute Gasteiger partial charge is 0.131 e. The second-order valence-corrected chi connectivity index (χ2v) is 4.05. The van der Waals surface area contributed by atoms with Gasteiger partial charge in [0.25, 0.3) is 0 Å². The number of nitrogens with zero attached hydrogens (tertiary/aromatic N) is 2. The van der Waals surface area contributed by atoms with Gasteiger partial charge in [-0.2, -0.15) is 0 Å². The molecule has 0 atom stereocenters. The van der Waals surface area contributed by atoms with E-state index in [4.69, 9.17) is 18.0 Å². The summed E-state index contributed by atoms with van der Waals surface area (Å²) in [5, 5.41) is 3.15. The molecule has 0 aliphatic heterocycles. The van der Waals surface area contributed by atoms with Crippen molar-refractivity contribution in [2.75, 3.05) is 5.32 Å². The average Bonchev–Trinajstić information content (AvgIpc) is 2.29. The number of aryl methyl sites for hydroxylation is 1. The molecule has 0 amide bonds. The van der Waals surface area contributed by atoms with Crippen LogP contribution < -0.4 is 11.1 Å². The van der Waals surface area contributed by atoms with Gasteiger partial charge in [0.2, 0.25) is 0 Å². The third kappa shape index (κ3) is 2.98. The van der Waals surface area contributed by atoms with Gasteiger partial charge in [-0.25, -0.2) is 4.98 Å². The Morgan fingerprint density at radius 2 is 2.24 bits per heavy atom. The van der Waals surface area contributed by atoms with Gasteiger partial charge in [0.1, 0.15) is 10.8 Å². The third-order valence-corrected chi connectivity index (χ3v) is 2.41. The van der Waals surface area contributed by atoms with E-state index >= 15 is 0 Å². The molecule has 0 aliphatic rings. The molecule has 4 nitrogen and oxygen atoms in total. The van der Waals surface area contributed by atoms with Crippen molar-refractivity contribution in [3.8, 4) is 0 Å². The molecule has 5 heteroatoms. The molecule has 0 aliphatic carbocycles. The number of hydrogen-bond acceptors (Lipinski definition) is 4. The second kappa shape index (κ2) is 4.88. The normalized spacial score (nSPS) is 9.94. The van der Waals surface area contributed by atoms with Gasteiger partial charge in [-0.3, -0.25) is 4.98 Å². The van der Waals surface area contributed by atoms with Crippen LogP contribution in [-0.2, 0) is 0 Å². The standard InChI is InChI=1S/C12H12N4S/c1-8-5-9(12(13)17)6-11(15-8)16-10-3-2-4-14-7-10/h2-7H,1H3,(H2,13,17)(H,15,16). The lowest BCUT2D eigenvalue weighted by atomic mass is 10.2. The molecule has 2 rings (SSSR count). The van der Waals surface area contributed by atoms with Crippen LogP contribution in [-0.4, -0.2) is 15.0 Å². The minimum absolute atomic E-state index is 0.365. The molecule has 0 spiro atoms. The van der Waals surface area contributed by atoms with E-state index in [0.29, 0.717) is 10.8 Å². The molecule has 0 fully saturated rings. The first-order chi connectivity index (χ1) is 8.15. The molecular weight excluding hydrogens is 232 g/mol. The summed E-state index contributed by atoms with van der Waals surface area (Å²) >= 11 is 4.96. The van der Waals surface area contributed by atoms with Crippen LogP contribution >= 0.6 is 12.2 Å². The molecule has 0 radical (unpaired) electrons. The Morgan fingerprint density at radius 3 is 2.88 bits per heavy atom. The topological polar surface area (TPSA) is 63.8 Å². The van der Waals surface area contributed by atoms with Gasteiger partial charge in [0.05, 0.1) is 11.9 Å². The summed E-state index contributed by atoms with van der Waals surface area (Å²) < 4.78 is 0. The van der Waals surface area contributed by atoms with Gasteiger partial charge >= 0.3 is 0 Å². The molecule has 2 heterocycles. The average molecular weight is 244 g/mol. The van der Waals surface area contributed by atoms with Crippen LogP contribution in [0.3, 0.4) is 0 Å². The Kier molecular flexibility index (Phi) is 3.30. The van der Waals surface area contributed by atoms with E-state index in [-0.39, 0.29) is 0 Å². The molecule has 0 unspecified atom stereocenters. The van der Waals surface area contributed by atoms with Crippen LogP contribution in [0.25, 0.3) is 0 Å². The molecular formula is C12H12N4S. The van der Waals surface area contributed by atoms with E-state index in [9.17, 15) is 0 Å². The summed E-state index contributed by atoms with van der Waals surface area (Å²) in [4.78, 5) is 8.74. The highest BCUT2D eigenvalue weighted by atomic mass is 32.1. The van der Waals surface area contributed by atoms with Gasteiger partial charge in [0.15, 0.2) is 0 Å². The maximum atomic E-state index is 5.61. The van der Waals surface area contributed by atoms with Crippen LogP contribution in [0.5, 0.6) is 0 Å². The summed E-state index contributed by atoms with van der Waals surface area (Å²) in [6, 6.07) is 7.45. The Labute approximate surface area is 105 Å². The SMILES string of the molecule is Cc1cc(C(N)=S)cc(Nc2cccnc2)n1. The van der Waals surface area contributed by atoms with Crippen molar-refractivity contribution in [2.45, 2.75) is 6.92 Å². The van der Waals surface area contributed by atoms with Gasteiger partial charge in [-0.05, 0) is 31.2 Å². The molecule has 2 aromatic heterocycles. The monoisotopic (exact) mass is 244 g/mol. The molecule has 86 valence electrons. The van der Waals surface area contributed by atoms with E-state index in [1.165, 1.54) is 0 Å². The fourth-order valence-electron chi connectivity index (χ4n) is 1.46. The van der Waals surface area contributed by atoms with Crippen molar-refractivity contribution in [1.82, 2.24) is 9.97 Å². The van der Waals surface area contributed by atoms with Gasteiger partial charge in [-0.1, -0.05) is 12.2 Å². The van der Waals surface area contributed by atoms with Crippen molar-refractivity contribution in [3.05, 3.63) is 47.9 Å². The van der Waals surface area contributed by atoms with Crippen LogP contribution in [0.1, 0.15) is 11.3 Å².